The molecule has 4 N–H and O–H groups in total. The zero-order valence-electron chi connectivity index (χ0n) is 35.2. The van der Waals surface area contributed by atoms with E-state index in [-0.39, 0.29) is 46.2 Å². The molecule has 4 heterocycles. The van der Waals surface area contributed by atoms with E-state index in [1.54, 1.807) is 12.7 Å². The molecule has 13 nitrogen and oxygen atoms in total. The van der Waals surface area contributed by atoms with E-state index in [1.165, 1.54) is 0 Å². The second kappa shape index (κ2) is 20.5. The lowest BCUT2D eigenvalue weighted by atomic mass is 9.92. The number of nitrogens with zero attached hydrogens (tertiary/aromatic N) is 8. The van der Waals surface area contributed by atoms with Crippen LogP contribution >= 0.6 is 23.2 Å². The average molecular weight is 886 g/mol. The Kier molecular flexibility index (Phi) is 14.2. The van der Waals surface area contributed by atoms with Gasteiger partial charge in [-0.25, -0.2) is 9.97 Å². The molecular weight excluding hydrogens is 836 g/mol. The van der Waals surface area contributed by atoms with Crippen molar-refractivity contribution in [3.8, 4) is 11.4 Å². The monoisotopic (exact) mass is 884 g/mol. The van der Waals surface area contributed by atoms with E-state index in [9.17, 15) is 0 Å². The van der Waals surface area contributed by atoms with Crippen molar-refractivity contribution in [2.75, 3.05) is 24.7 Å². The number of nitrogens with two attached hydrogens (primary N) is 2. The van der Waals surface area contributed by atoms with E-state index in [1.807, 2.05) is 69.8 Å². The first-order valence-electron chi connectivity index (χ1n) is 21.2. The van der Waals surface area contributed by atoms with Crippen molar-refractivity contribution in [1.29, 1.82) is 0 Å². The molecule has 8 aromatic rings. The Hall–Kier alpha value is -5.96. The highest BCUT2D eigenvalue weighted by atomic mass is 35.5. The van der Waals surface area contributed by atoms with Gasteiger partial charge in [-0.2, -0.15) is 19.9 Å². The molecule has 4 aromatic heterocycles. The largest absolute Gasteiger partial charge is 0.376 e. The lowest BCUT2D eigenvalue weighted by Gasteiger charge is -2.31. The molecule has 63 heavy (non-hydrogen) atoms. The molecule has 4 atom stereocenters. The molecule has 0 saturated heterocycles. The highest BCUT2D eigenvalue weighted by molar-refractivity contribution is 6.34. The van der Waals surface area contributed by atoms with Crippen LogP contribution in [0.25, 0.3) is 33.7 Å². The van der Waals surface area contributed by atoms with Gasteiger partial charge in [-0.1, -0.05) is 135 Å². The standard InChI is InChI=1S/C48H50Cl2N10O3/c1-3-31(25-61-27-33-11-7-5-8-12-33)23-39(35-15-19-37(20-16-35)59-29-53-41-43(49)55-47(51)57-45(41)59)63-40(24-32(4-2)26-62-28-34-13-9-6-10-14-34)36-17-21-38(22-18-36)60-30-54-42-44(50)56-48(52)58-46(42)60/h5-22,29-32,39-40H,3-4,23-28H2,1-2H3,(H2,51,55,57)(H2,52,56,58). The van der Waals surface area contributed by atoms with Crippen molar-refractivity contribution in [2.24, 2.45) is 11.8 Å². The molecule has 0 aliphatic rings. The summed E-state index contributed by atoms with van der Waals surface area (Å²) in [4.78, 5) is 25.9. The highest BCUT2D eigenvalue weighted by Crippen LogP contribution is 2.38. The predicted octanol–water partition coefficient (Wildman–Crippen LogP) is 10.5. The van der Waals surface area contributed by atoms with Crippen LogP contribution in [0.4, 0.5) is 11.9 Å². The number of imidazole rings is 2. The molecule has 0 saturated carbocycles. The molecule has 0 radical (unpaired) electrons. The van der Waals surface area contributed by atoms with Gasteiger partial charge in [0.2, 0.25) is 11.9 Å². The van der Waals surface area contributed by atoms with Gasteiger partial charge in [-0.3, -0.25) is 9.13 Å². The Labute approximate surface area is 376 Å². The summed E-state index contributed by atoms with van der Waals surface area (Å²) in [5.41, 5.74) is 20.0. The molecule has 0 spiro atoms. The molecule has 0 fully saturated rings. The van der Waals surface area contributed by atoms with Gasteiger partial charge in [0.15, 0.2) is 21.6 Å². The van der Waals surface area contributed by atoms with E-state index in [2.05, 4.69) is 92.3 Å². The molecule has 0 aliphatic heterocycles. The van der Waals surface area contributed by atoms with Crippen LogP contribution in [0.3, 0.4) is 0 Å². The summed E-state index contributed by atoms with van der Waals surface area (Å²) in [7, 11) is 0. The fourth-order valence-corrected chi connectivity index (χ4v) is 8.16. The van der Waals surface area contributed by atoms with Gasteiger partial charge < -0.3 is 25.7 Å². The highest BCUT2D eigenvalue weighted by Gasteiger charge is 2.27. The summed E-state index contributed by atoms with van der Waals surface area (Å²) in [5.74, 6) is 0.590. The first kappa shape index (κ1) is 43.7. The van der Waals surface area contributed by atoms with Gasteiger partial charge >= 0.3 is 0 Å². The number of hydrogen-bond donors (Lipinski definition) is 2. The molecule has 0 bridgehead atoms. The Morgan fingerprint density at radius 1 is 0.540 bits per heavy atom. The lowest BCUT2D eigenvalue weighted by Crippen LogP contribution is -2.20. The first-order valence-corrected chi connectivity index (χ1v) is 21.9. The quantitative estimate of drug-likeness (QED) is 0.0699. The molecule has 0 amide bonds. The third-order valence-corrected chi connectivity index (χ3v) is 11.9. The van der Waals surface area contributed by atoms with Gasteiger partial charge in [0.1, 0.15) is 23.7 Å². The number of halogens is 2. The predicted molar refractivity (Wildman–Crippen MR) is 248 cm³/mol. The number of nitrogen functional groups attached to an aromatic ring is 2. The van der Waals surface area contributed by atoms with E-state index < -0.39 is 0 Å². The molecule has 4 aromatic carbocycles. The average Bonchev–Trinajstić information content (AvgIpc) is 3.93. The minimum absolute atomic E-state index is 0.0794. The summed E-state index contributed by atoms with van der Waals surface area (Å²) in [6.07, 6.45) is 6.07. The lowest BCUT2D eigenvalue weighted by molar-refractivity contribution is -0.0529. The third-order valence-electron chi connectivity index (χ3n) is 11.3. The topological polar surface area (TPSA) is 167 Å². The SMILES string of the molecule is CCC(COCc1ccccc1)CC(OC(CC(CC)COCc1ccccc1)c1ccc(-n2cnc3c(Cl)nc(N)nc32)cc1)c1ccc(-n2cnc3c(Cl)nc(N)nc32)cc1. The maximum Gasteiger partial charge on any atom is 0.223 e. The van der Waals surface area contributed by atoms with Crippen LogP contribution in [-0.4, -0.2) is 52.3 Å². The zero-order chi connectivity index (χ0) is 43.7. The van der Waals surface area contributed by atoms with Crippen molar-refractivity contribution in [2.45, 2.75) is 65.0 Å². The second-order valence-corrected chi connectivity index (χ2v) is 16.4. The van der Waals surface area contributed by atoms with Crippen LogP contribution < -0.4 is 11.5 Å². The van der Waals surface area contributed by atoms with Crippen molar-refractivity contribution < 1.29 is 14.2 Å². The van der Waals surface area contributed by atoms with Crippen molar-refractivity contribution >= 4 is 57.4 Å². The molecule has 8 rings (SSSR count). The van der Waals surface area contributed by atoms with Gasteiger partial charge in [-0.15, -0.1) is 0 Å². The molecule has 0 aliphatic carbocycles. The fraction of sp³-hybridized carbons (Fsp3) is 0.292. The molecular formula is C48H50Cl2N10O3. The summed E-state index contributed by atoms with van der Waals surface area (Å²) < 4.78 is 23.8. The Bertz CT molecular complexity index is 2530. The number of ether oxygens (including phenoxy) is 3. The van der Waals surface area contributed by atoms with Crippen LogP contribution in [-0.2, 0) is 27.4 Å². The maximum absolute atomic E-state index is 7.42. The summed E-state index contributed by atoms with van der Waals surface area (Å²) in [6.45, 7) is 6.68. The van der Waals surface area contributed by atoms with Crippen LogP contribution in [0.15, 0.2) is 122 Å². The zero-order valence-corrected chi connectivity index (χ0v) is 36.7. The Balaban J connectivity index is 1.11. The van der Waals surface area contributed by atoms with Gasteiger partial charge in [0, 0.05) is 24.6 Å². The molecule has 324 valence electrons. The van der Waals surface area contributed by atoms with Crippen LogP contribution in [0.5, 0.6) is 0 Å². The number of rotatable bonds is 20. The minimum atomic E-state index is -0.289. The van der Waals surface area contributed by atoms with E-state index in [0.717, 1.165) is 59.3 Å². The Morgan fingerprint density at radius 3 is 1.32 bits per heavy atom. The summed E-state index contributed by atoms with van der Waals surface area (Å²) in [6, 6.07) is 37.1. The van der Waals surface area contributed by atoms with E-state index >= 15 is 0 Å². The van der Waals surface area contributed by atoms with Gasteiger partial charge in [0.05, 0.1) is 25.4 Å². The fourth-order valence-electron chi connectivity index (χ4n) is 7.72. The van der Waals surface area contributed by atoms with E-state index in [4.69, 9.17) is 48.9 Å². The number of aromatic nitrogens is 8. The smallest absolute Gasteiger partial charge is 0.223 e. The maximum atomic E-state index is 7.42. The van der Waals surface area contributed by atoms with Crippen molar-refractivity contribution in [3.05, 3.63) is 154 Å². The second-order valence-electron chi connectivity index (χ2n) is 15.6. The van der Waals surface area contributed by atoms with E-state index in [0.29, 0.717) is 48.8 Å². The third kappa shape index (κ3) is 10.6. The number of hydrogen-bond acceptors (Lipinski definition) is 11. The van der Waals surface area contributed by atoms with Crippen LogP contribution in [0.1, 0.15) is 74.0 Å². The van der Waals surface area contributed by atoms with Crippen LogP contribution in [0, 0.1) is 11.8 Å². The normalized spacial score (nSPS) is 13.7. The first-order chi connectivity index (χ1) is 30.8. The summed E-state index contributed by atoms with van der Waals surface area (Å²) >= 11 is 12.7. The summed E-state index contributed by atoms with van der Waals surface area (Å²) in [5, 5.41) is 0.413. The minimum Gasteiger partial charge on any atom is -0.376 e. The number of anilines is 2. The van der Waals surface area contributed by atoms with Gasteiger partial charge in [0.25, 0.3) is 0 Å². The Morgan fingerprint density at radius 2 is 0.937 bits per heavy atom. The number of fused-ring (bicyclic) bond motifs is 2. The molecule has 4 unspecified atom stereocenters. The van der Waals surface area contributed by atoms with Crippen LogP contribution in [0.2, 0.25) is 10.3 Å². The van der Waals surface area contributed by atoms with Crippen molar-refractivity contribution in [3.63, 3.8) is 0 Å². The number of benzene rings is 4. The van der Waals surface area contributed by atoms with Crippen molar-refractivity contribution in [1.82, 2.24) is 39.0 Å². The molecule has 15 heteroatoms. The van der Waals surface area contributed by atoms with Gasteiger partial charge in [-0.05, 0) is 71.2 Å².